The van der Waals surface area contributed by atoms with Gasteiger partial charge in [0.05, 0.1) is 15.6 Å². The first-order valence-electron chi connectivity index (χ1n) is 6.23. The zero-order valence-corrected chi connectivity index (χ0v) is 11.4. The Kier molecular flexibility index (Phi) is 3.76. The number of hydrogen-bond acceptors (Lipinski definition) is 3. The van der Waals surface area contributed by atoms with Crippen LogP contribution in [0.1, 0.15) is 33.1 Å². The van der Waals surface area contributed by atoms with E-state index in [1.807, 2.05) is 0 Å². The third-order valence-corrected chi connectivity index (χ3v) is 3.92. The van der Waals surface area contributed by atoms with Gasteiger partial charge in [0, 0.05) is 24.2 Å². The highest BCUT2D eigenvalue weighted by Gasteiger charge is 2.27. The monoisotopic (exact) mass is 268 g/mol. The van der Waals surface area contributed by atoms with Gasteiger partial charge in [-0.1, -0.05) is 11.6 Å². The Bertz CT molecular complexity index is 454. The van der Waals surface area contributed by atoms with Gasteiger partial charge in [0.25, 0.3) is 5.69 Å². The number of halogens is 1. The smallest absolute Gasteiger partial charge is 0.271 e. The van der Waals surface area contributed by atoms with Crippen LogP contribution in [-0.2, 0) is 0 Å². The Balaban J connectivity index is 2.35. The first kappa shape index (κ1) is 13.1. The summed E-state index contributed by atoms with van der Waals surface area (Å²) in [7, 11) is 0. The number of anilines is 1. The summed E-state index contributed by atoms with van der Waals surface area (Å²) in [5.74, 6) is 0. The molecule has 1 aromatic carbocycles. The van der Waals surface area contributed by atoms with Gasteiger partial charge in [-0.2, -0.15) is 0 Å². The van der Waals surface area contributed by atoms with Gasteiger partial charge in [-0.25, -0.2) is 0 Å². The van der Waals surface area contributed by atoms with Gasteiger partial charge in [0.2, 0.25) is 0 Å². The molecule has 5 heteroatoms. The molecule has 1 aliphatic heterocycles. The van der Waals surface area contributed by atoms with Crippen LogP contribution in [0.3, 0.4) is 0 Å². The quantitative estimate of drug-likeness (QED) is 0.601. The fraction of sp³-hybridized carbons (Fsp3) is 0.538. The zero-order valence-electron chi connectivity index (χ0n) is 10.6. The van der Waals surface area contributed by atoms with Crippen molar-refractivity contribution >= 4 is 23.0 Å². The van der Waals surface area contributed by atoms with Crippen LogP contribution in [-0.4, -0.2) is 17.0 Å². The van der Waals surface area contributed by atoms with Crippen molar-refractivity contribution < 1.29 is 4.92 Å². The van der Waals surface area contributed by atoms with E-state index in [9.17, 15) is 10.1 Å². The van der Waals surface area contributed by atoms with Crippen molar-refractivity contribution in [2.75, 3.05) is 4.90 Å². The molecule has 1 heterocycles. The molecule has 1 aliphatic rings. The minimum Gasteiger partial charge on any atom is -0.365 e. The minimum absolute atomic E-state index is 0.0427. The maximum atomic E-state index is 10.7. The van der Waals surface area contributed by atoms with E-state index in [0.717, 1.165) is 18.5 Å². The molecule has 0 aliphatic carbocycles. The van der Waals surface area contributed by atoms with E-state index in [0.29, 0.717) is 17.1 Å². The van der Waals surface area contributed by atoms with Crippen molar-refractivity contribution in [3.8, 4) is 0 Å². The summed E-state index contributed by atoms with van der Waals surface area (Å²) in [5, 5.41) is 11.2. The lowest BCUT2D eigenvalue weighted by atomic mass is 9.96. The topological polar surface area (TPSA) is 46.4 Å². The van der Waals surface area contributed by atoms with Crippen LogP contribution in [0.15, 0.2) is 18.2 Å². The van der Waals surface area contributed by atoms with Gasteiger partial charge in [0.1, 0.15) is 0 Å². The molecular formula is C13H17ClN2O2. The molecule has 0 radical (unpaired) electrons. The van der Waals surface area contributed by atoms with Crippen LogP contribution in [0.5, 0.6) is 0 Å². The van der Waals surface area contributed by atoms with Gasteiger partial charge >= 0.3 is 0 Å². The standard InChI is InChI=1S/C13H17ClN2O2/c1-9-4-3-5-10(2)15(9)13-7-6-11(16(17)18)8-12(13)14/h6-10H,3-5H2,1-2H3/t9-,10+. The lowest BCUT2D eigenvalue weighted by Gasteiger charge is -2.41. The number of nitrogens with zero attached hydrogens (tertiary/aromatic N) is 2. The van der Waals surface area contributed by atoms with Gasteiger partial charge in [-0.3, -0.25) is 10.1 Å². The predicted octanol–water partition coefficient (Wildman–Crippen LogP) is 4.02. The molecule has 2 atom stereocenters. The first-order chi connectivity index (χ1) is 8.50. The van der Waals surface area contributed by atoms with E-state index in [1.54, 1.807) is 6.07 Å². The Labute approximate surface area is 112 Å². The average molecular weight is 269 g/mol. The normalized spacial score (nSPS) is 24.1. The Hall–Kier alpha value is -1.29. The van der Waals surface area contributed by atoms with E-state index in [1.165, 1.54) is 18.6 Å². The van der Waals surface area contributed by atoms with Gasteiger partial charge in [-0.15, -0.1) is 0 Å². The molecule has 1 aromatic rings. The summed E-state index contributed by atoms with van der Waals surface area (Å²) < 4.78 is 0. The van der Waals surface area contributed by atoms with E-state index in [-0.39, 0.29) is 5.69 Å². The molecule has 0 aromatic heterocycles. The van der Waals surface area contributed by atoms with E-state index in [4.69, 9.17) is 11.6 Å². The zero-order chi connectivity index (χ0) is 13.3. The Morgan fingerprint density at radius 3 is 2.44 bits per heavy atom. The lowest BCUT2D eigenvalue weighted by Crippen LogP contribution is -2.43. The largest absolute Gasteiger partial charge is 0.365 e. The molecule has 0 amide bonds. The summed E-state index contributed by atoms with van der Waals surface area (Å²) in [5.41, 5.74) is 0.947. The van der Waals surface area contributed by atoms with Crippen LogP contribution < -0.4 is 4.90 Å². The van der Waals surface area contributed by atoms with Gasteiger partial charge < -0.3 is 4.90 Å². The molecule has 2 rings (SSSR count). The second-order valence-electron chi connectivity index (χ2n) is 4.93. The Morgan fingerprint density at radius 1 is 1.33 bits per heavy atom. The summed E-state index contributed by atoms with van der Waals surface area (Å²) in [6.45, 7) is 4.35. The second-order valence-corrected chi connectivity index (χ2v) is 5.34. The number of hydrogen-bond donors (Lipinski definition) is 0. The maximum Gasteiger partial charge on any atom is 0.271 e. The van der Waals surface area contributed by atoms with Crippen molar-refractivity contribution in [1.82, 2.24) is 0 Å². The fourth-order valence-electron chi connectivity index (χ4n) is 2.71. The molecule has 0 saturated carbocycles. The van der Waals surface area contributed by atoms with E-state index >= 15 is 0 Å². The molecule has 18 heavy (non-hydrogen) atoms. The molecule has 0 bridgehead atoms. The highest BCUT2D eigenvalue weighted by molar-refractivity contribution is 6.33. The minimum atomic E-state index is -0.418. The molecule has 0 N–H and O–H groups in total. The van der Waals surface area contributed by atoms with Crippen LogP contribution in [0, 0.1) is 10.1 Å². The van der Waals surface area contributed by atoms with Gasteiger partial charge in [0.15, 0.2) is 0 Å². The summed E-state index contributed by atoms with van der Waals surface area (Å²) in [4.78, 5) is 12.6. The van der Waals surface area contributed by atoms with Crippen molar-refractivity contribution in [2.45, 2.75) is 45.2 Å². The van der Waals surface area contributed by atoms with Crippen molar-refractivity contribution in [1.29, 1.82) is 0 Å². The molecule has 98 valence electrons. The molecule has 0 unspecified atom stereocenters. The first-order valence-corrected chi connectivity index (χ1v) is 6.60. The molecule has 0 spiro atoms. The van der Waals surface area contributed by atoms with Crippen molar-refractivity contribution in [3.63, 3.8) is 0 Å². The highest BCUT2D eigenvalue weighted by atomic mass is 35.5. The van der Waals surface area contributed by atoms with Crippen molar-refractivity contribution in [2.24, 2.45) is 0 Å². The number of benzene rings is 1. The van der Waals surface area contributed by atoms with E-state index in [2.05, 4.69) is 18.7 Å². The average Bonchev–Trinajstić information content (AvgIpc) is 2.30. The number of piperidine rings is 1. The number of nitro benzene ring substituents is 1. The van der Waals surface area contributed by atoms with Crippen LogP contribution >= 0.6 is 11.6 Å². The third-order valence-electron chi connectivity index (χ3n) is 3.61. The molecule has 4 nitrogen and oxygen atoms in total. The molecular weight excluding hydrogens is 252 g/mol. The fourth-order valence-corrected chi connectivity index (χ4v) is 2.99. The summed E-state index contributed by atoms with van der Waals surface area (Å²) in [6.07, 6.45) is 3.50. The SMILES string of the molecule is C[C@@H]1CCC[C@H](C)N1c1ccc([N+](=O)[O-])cc1Cl. The number of nitro groups is 1. The molecule has 1 saturated heterocycles. The Morgan fingerprint density at radius 2 is 1.94 bits per heavy atom. The second kappa shape index (κ2) is 5.14. The van der Waals surface area contributed by atoms with Gasteiger partial charge in [-0.05, 0) is 39.2 Å². The lowest BCUT2D eigenvalue weighted by molar-refractivity contribution is -0.384. The van der Waals surface area contributed by atoms with Crippen LogP contribution in [0.25, 0.3) is 0 Å². The third kappa shape index (κ3) is 2.43. The van der Waals surface area contributed by atoms with Crippen LogP contribution in [0.2, 0.25) is 5.02 Å². The highest BCUT2D eigenvalue weighted by Crippen LogP contribution is 2.35. The number of non-ortho nitro benzene ring substituents is 1. The maximum absolute atomic E-state index is 10.7. The predicted molar refractivity (Wildman–Crippen MR) is 73.4 cm³/mol. The van der Waals surface area contributed by atoms with Crippen LogP contribution in [0.4, 0.5) is 11.4 Å². The van der Waals surface area contributed by atoms with Crippen molar-refractivity contribution in [3.05, 3.63) is 33.3 Å². The summed E-state index contributed by atoms with van der Waals surface area (Å²) in [6, 6.07) is 5.57. The van der Waals surface area contributed by atoms with E-state index < -0.39 is 4.92 Å². The molecule has 1 fully saturated rings. The summed E-state index contributed by atoms with van der Waals surface area (Å²) >= 11 is 6.19. The number of rotatable bonds is 2.